The fourth-order valence-corrected chi connectivity index (χ4v) is 3.06. The summed E-state index contributed by atoms with van der Waals surface area (Å²) in [6.45, 7) is 2.61. The molecule has 0 aliphatic carbocycles. The first-order valence-corrected chi connectivity index (χ1v) is 9.61. The normalized spacial score (nSPS) is 10.6. The molecule has 4 heteroatoms. The predicted octanol–water partition coefficient (Wildman–Crippen LogP) is 5.75. The second kappa shape index (κ2) is 9.70. The Bertz CT molecular complexity index is 922. The summed E-state index contributed by atoms with van der Waals surface area (Å²) in [5, 5.41) is 8.70. The molecule has 0 aliphatic heterocycles. The van der Waals surface area contributed by atoms with E-state index < -0.39 is 5.97 Å². The standard InChI is InChI=1S/C24H25NO3/c1-18-9-8-12-20(15-18)21-16-22(19-10-4-2-5-11-19)25-23(17-21)28-14-7-3-6-13-24(26)27/h2,4-5,8-12,15-17H,3,6-7,13-14H2,1H3,(H,26,27). The van der Waals surface area contributed by atoms with Gasteiger partial charge in [0.25, 0.3) is 0 Å². The van der Waals surface area contributed by atoms with Crippen LogP contribution in [0.4, 0.5) is 0 Å². The lowest BCUT2D eigenvalue weighted by Crippen LogP contribution is -2.01. The molecule has 0 radical (unpaired) electrons. The van der Waals surface area contributed by atoms with Crippen molar-refractivity contribution in [3.63, 3.8) is 0 Å². The Labute approximate surface area is 165 Å². The van der Waals surface area contributed by atoms with Crippen molar-refractivity contribution in [2.45, 2.75) is 32.6 Å². The molecule has 0 unspecified atom stereocenters. The maximum absolute atomic E-state index is 10.6. The predicted molar refractivity (Wildman–Crippen MR) is 111 cm³/mol. The average molecular weight is 375 g/mol. The number of carboxylic acids is 1. The summed E-state index contributed by atoms with van der Waals surface area (Å²) in [6.07, 6.45) is 2.52. The van der Waals surface area contributed by atoms with Gasteiger partial charge in [-0.1, -0.05) is 60.2 Å². The highest BCUT2D eigenvalue weighted by molar-refractivity contribution is 5.72. The van der Waals surface area contributed by atoms with Crippen LogP contribution in [0.1, 0.15) is 31.2 Å². The average Bonchev–Trinajstić information content (AvgIpc) is 2.71. The van der Waals surface area contributed by atoms with Crippen molar-refractivity contribution in [1.29, 1.82) is 0 Å². The van der Waals surface area contributed by atoms with E-state index in [-0.39, 0.29) is 6.42 Å². The summed E-state index contributed by atoms with van der Waals surface area (Å²) in [4.78, 5) is 15.3. The summed E-state index contributed by atoms with van der Waals surface area (Å²) in [5.41, 5.74) is 5.32. The minimum absolute atomic E-state index is 0.208. The van der Waals surface area contributed by atoms with Crippen molar-refractivity contribution in [3.8, 4) is 28.3 Å². The number of benzene rings is 2. The van der Waals surface area contributed by atoms with Gasteiger partial charge in [0.2, 0.25) is 5.88 Å². The van der Waals surface area contributed by atoms with Crippen LogP contribution in [-0.4, -0.2) is 22.7 Å². The van der Waals surface area contributed by atoms with Gasteiger partial charge in [0.1, 0.15) is 0 Å². The van der Waals surface area contributed by atoms with Crippen molar-refractivity contribution >= 4 is 5.97 Å². The van der Waals surface area contributed by atoms with Gasteiger partial charge in [0.05, 0.1) is 12.3 Å². The quantitative estimate of drug-likeness (QED) is 0.484. The number of pyridine rings is 1. The molecule has 1 N–H and O–H groups in total. The number of nitrogens with zero attached hydrogens (tertiary/aromatic N) is 1. The van der Waals surface area contributed by atoms with Gasteiger partial charge in [-0.3, -0.25) is 4.79 Å². The largest absolute Gasteiger partial charge is 0.481 e. The molecule has 0 spiro atoms. The number of hydrogen-bond donors (Lipinski definition) is 1. The van der Waals surface area contributed by atoms with Gasteiger partial charge < -0.3 is 9.84 Å². The molecule has 144 valence electrons. The first-order chi connectivity index (χ1) is 13.6. The second-order valence-corrected chi connectivity index (χ2v) is 6.87. The molecule has 0 saturated carbocycles. The number of unbranched alkanes of at least 4 members (excludes halogenated alkanes) is 2. The zero-order valence-electron chi connectivity index (χ0n) is 16.1. The number of aryl methyl sites for hydroxylation is 1. The SMILES string of the molecule is Cc1cccc(-c2cc(OCCCCCC(=O)O)nc(-c3ccccc3)c2)c1. The van der Waals surface area contributed by atoms with Gasteiger partial charge in [-0.25, -0.2) is 4.98 Å². The third kappa shape index (κ3) is 5.68. The van der Waals surface area contributed by atoms with Crippen LogP contribution in [0, 0.1) is 6.92 Å². The molecule has 28 heavy (non-hydrogen) atoms. The monoisotopic (exact) mass is 375 g/mol. The minimum Gasteiger partial charge on any atom is -0.481 e. The number of aliphatic carboxylic acids is 1. The van der Waals surface area contributed by atoms with Crippen LogP contribution in [0.5, 0.6) is 5.88 Å². The number of carboxylic acid groups (broad SMARTS) is 1. The Morgan fingerprint density at radius 2 is 1.68 bits per heavy atom. The van der Waals surface area contributed by atoms with Crippen molar-refractivity contribution < 1.29 is 14.6 Å². The van der Waals surface area contributed by atoms with Crippen LogP contribution in [-0.2, 0) is 4.79 Å². The lowest BCUT2D eigenvalue weighted by Gasteiger charge is -2.11. The van der Waals surface area contributed by atoms with E-state index in [9.17, 15) is 4.79 Å². The summed E-state index contributed by atoms with van der Waals surface area (Å²) in [5.74, 6) is -0.156. The van der Waals surface area contributed by atoms with E-state index in [1.165, 1.54) is 5.56 Å². The Balaban J connectivity index is 1.79. The Morgan fingerprint density at radius 1 is 0.893 bits per heavy atom. The molecule has 1 aromatic heterocycles. The van der Waals surface area contributed by atoms with Crippen LogP contribution in [0.25, 0.3) is 22.4 Å². The zero-order chi connectivity index (χ0) is 19.8. The first-order valence-electron chi connectivity index (χ1n) is 9.61. The van der Waals surface area contributed by atoms with Crippen molar-refractivity contribution in [1.82, 2.24) is 4.98 Å². The lowest BCUT2D eigenvalue weighted by molar-refractivity contribution is -0.137. The van der Waals surface area contributed by atoms with Gasteiger partial charge in [0.15, 0.2) is 0 Å². The molecule has 2 aromatic carbocycles. The van der Waals surface area contributed by atoms with Gasteiger partial charge in [-0.15, -0.1) is 0 Å². The molecule has 1 heterocycles. The fraction of sp³-hybridized carbons (Fsp3) is 0.250. The Morgan fingerprint density at radius 3 is 2.43 bits per heavy atom. The van der Waals surface area contributed by atoms with Crippen LogP contribution in [0.15, 0.2) is 66.7 Å². The molecule has 0 bridgehead atoms. The van der Waals surface area contributed by atoms with Crippen LogP contribution >= 0.6 is 0 Å². The van der Waals surface area contributed by atoms with Crippen LogP contribution in [0.2, 0.25) is 0 Å². The van der Waals surface area contributed by atoms with E-state index in [4.69, 9.17) is 9.84 Å². The van der Waals surface area contributed by atoms with Crippen molar-refractivity contribution in [2.24, 2.45) is 0 Å². The molecule has 0 fully saturated rings. The Hall–Kier alpha value is -3.14. The third-order valence-electron chi connectivity index (χ3n) is 4.51. The molecule has 0 atom stereocenters. The topological polar surface area (TPSA) is 59.4 Å². The molecule has 3 aromatic rings. The number of carbonyl (C=O) groups is 1. The van der Waals surface area contributed by atoms with Gasteiger partial charge in [0, 0.05) is 18.1 Å². The molecular formula is C24H25NO3. The summed E-state index contributed by atoms with van der Waals surface area (Å²) in [6, 6.07) is 22.5. The molecule has 0 amide bonds. The van der Waals surface area contributed by atoms with E-state index in [1.807, 2.05) is 36.4 Å². The highest BCUT2D eigenvalue weighted by Gasteiger charge is 2.08. The number of aromatic nitrogens is 1. The smallest absolute Gasteiger partial charge is 0.303 e. The fourth-order valence-electron chi connectivity index (χ4n) is 3.06. The highest BCUT2D eigenvalue weighted by atomic mass is 16.5. The first kappa shape index (κ1) is 19.6. The molecular weight excluding hydrogens is 350 g/mol. The van der Waals surface area contributed by atoms with Crippen molar-refractivity contribution in [3.05, 3.63) is 72.3 Å². The molecule has 0 aliphatic rings. The summed E-state index contributed by atoms with van der Waals surface area (Å²) >= 11 is 0. The van der Waals surface area contributed by atoms with E-state index in [1.54, 1.807) is 0 Å². The number of hydrogen-bond acceptors (Lipinski definition) is 3. The minimum atomic E-state index is -0.749. The van der Waals surface area contributed by atoms with Crippen LogP contribution < -0.4 is 4.74 Å². The third-order valence-corrected chi connectivity index (χ3v) is 4.51. The van der Waals surface area contributed by atoms with E-state index in [2.05, 4.69) is 42.2 Å². The zero-order valence-corrected chi connectivity index (χ0v) is 16.1. The van der Waals surface area contributed by atoms with E-state index in [0.29, 0.717) is 18.9 Å². The van der Waals surface area contributed by atoms with Crippen LogP contribution in [0.3, 0.4) is 0 Å². The molecule has 4 nitrogen and oxygen atoms in total. The van der Waals surface area contributed by atoms with E-state index in [0.717, 1.165) is 35.2 Å². The van der Waals surface area contributed by atoms with Crippen molar-refractivity contribution in [2.75, 3.05) is 6.61 Å². The lowest BCUT2D eigenvalue weighted by atomic mass is 10.0. The van der Waals surface area contributed by atoms with E-state index >= 15 is 0 Å². The Kier molecular flexibility index (Phi) is 6.79. The summed E-state index contributed by atoms with van der Waals surface area (Å²) < 4.78 is 5.91. The maximum atomic E-state index is 10.6. The summed E-state index contributed by atoms with van der Waals surface area (Å²) in [7, 11) is 0. The number of ether oxygens (including phenoxy) is 1. The molecule has 0 saturated heterocycles. The number of rotatable bonds is 9. The highest BCUT2D eigenvalue weighted by Crippen LogP contribution is 2.29. The maximum Gasteiger partial charge on any atom is 0.303 e. The second-order valence-electron chi connectivity index (χ2n) is 6.87. The van der Waals surface area contributed by atoms with Gasteiger partial charge in [-0.2, -0.15) is 0 Å². The van der Waals surface area contributed by atoms with Gasteiger partial charge >= 0.3 is 5.97 Å². The van der Waals surface area contributed by atoms with Gasteiger partial charge in [-0.05, 0) is 43.4 Å². The molecule has 3 rings (SSSR count).